The molecule has 128 valence electrons. The van der Waals surface area contributed by atoms with Crippen LogP contribution in [0.2, 0.25) is 5.02 Å². The van der Waals surface area contributed by atoms with Crippen molar-refractivity contribution in [2.75, 3.05) is 6.54 Å². The van der Waals surface area contributed by atoms with Gasteiger partial charge in [0.05, 0.1) is 0 Å². The number of benzene rings is 1. The van der Waals surface area contributed by atoms with Gasteiger partial charge in [0, 0.05) is 24.0 Å². The molecule has 1 atom stereocenters. The molecule has 1 aromatic rings. The molecule has 0 aliphatic rings. The minimum Gasteiger partial charge on any atom is -0.354 e. The average Bonchev–Trinajstić information content (AvgIpc) is 2.53. The van der Waals surface area contributed by atoms with Crippen LogP contribution in [-0.2, 0) is 16.1 Å². The number of amides is 2. The number of carbonyl (C=O) groups excluding carboxylic acids is 2. The fraction of sp³-hybridized carbons (Fsp3) is 0.556. The molecule has 4 nitrogen and oxygen atoms in total. The van der Waals surface area contributed by atoms with E-state index in [1.807, 2.05) is 26.0 Å². The molecule has 1 N–H and O–H groups in total. The van der Waals surface area contributed by atoms with Crippen LogP contribution in [0.4, 0.5) is 0 Å². The van der Waals surface area contributed by atoms with Gasteiger partial charge in [-0.1, -0.05) is 50.9 Å². The number of rotatable bonds is 8. The third kappa shape index (κ3) is 6.22. The summed E-state index contributed by atoms with van der Waals surface area (Å²) in [5.74, 6) is -0.298. The molecule has 0 radical (unpaired) electrons. The number of unbranched alkanes of at least 4 members (excludes halogenated alkanes) is 1. The lowest BCUT2D eigenvalue weighted by Gasteiger charge is -2.30. The second-order valence-corrected chi connectivity index (χ2v) is 6.50. The molecular weight excluding hydrogens is 312 g/mol. The zero-order valence-electron chi connectivity index (χ0n) is 14.4. The molecule has 5 heteroatoms. The Bertz CT molecular complexity index is 514. The number of hydrogen-bond acceptors (Lipinski definition) is 2. The number of carbonyl (C=O) groups is 2. The summed E-state index contributed by atoms with van der Waals surface area (Å²) in [5.41, 5.74) is 0.955. The quantitative estimate of drug-likeness (QED) is 0.736. The molecule has 1 rings (SSSR count). The molecule has 0 saturated carbocycles. The standard InChI is InChI=1S/C18H27ClN2O2/c1-5-6-11-20-17(22)14(4)21(18(23)13(2)3)12-15-7-9-16(19)10-8-15/h7-10,13-14H,5-6,11-12H2,1-4H3,(H,20,22). The van der Waals surface area contributed by atoms with Crippen molar-refractivity contribution in [1.82, 2.24) is 10.2 Å². The fourth-order valence-corrected chi connectivity index (χ4v) is 2.33. The van der Waals surface area contributed by atoms with Crippen molar-refractivity contribution in [3.05, 3.63) is 34.9 Å². The van der Waals surface area contributed by atoms with Crippen LogP contribution in [0.3, 0.4) is 0 Å². The van der Waals surface area contributed by atoms with Gasteiger partial charge in [-0.2, -0.15) is 0 Å². The summed E-state index contributed by atoms with van der Waals surface area (Å²) >= 11 is 5.90. The first kappa shape index (κ1) is 19.5. The summed E-state index contributed by atoms with van der Waals surface area (Å²) in [6.45, 7) is 8.58. The highest BCUT2D eigenvalue weighted by molar-refractivity contribution is 6.30. The molecule has 0 spiro atoms. The van der Waals surface area contributed by atoms with Gasteiger partial charge in [0.15, 0.2) is 0 Å². The van der Waals surface area contributed by atoms with Crippen LogP contribution in [0, 0.1) is 5.92 Å². The predicted octanol–water partition coefficient (Wildman–Crippen LogP) is 3.63. The second-order valence-electron chi connectivity index (χ2n) is 6.07. The summed E-state index contributed by atoms with van der Waals surface area (Å²) in [5, 5.41) is 3.55. The van der Waals surface area contributed by atoms with Gasteiger partial charge < -0.3 is 10.2 Å². The van der Waals surface area contributed by atoms with Crippen LogP contribution in [-0.4, -0.2) is 29.3 Å². The van der Waals surface area contributed by atoms with E-state index in [9.17, 15) is 9.59 Å². The summed E-state index contributed by atoms with van der Waals surface area (Å²) < 4.78 is 0. The van der Waals surface area contributed by atoms with E-state index in [0.29, 0.717) is 18.1 Å². The van der Waals surface area contributed by atoms with Crippen molar-refractivity contribution in [3.8, 4) is 0 Å². The molecule has 0 heterocycles. The zero-order chi connectivity index (χ0) is 17.4. The molecular formula is C18H27ClN2O2. The summed E-state index contributed by atoms with van der Waals surface area (Å²) in [6.07, 6.45) is 1.96. The van der Waals surface area contributed by atoms with Crippen molar-refractivity contribution in [1.29, 1.82) is 0 Å². The Hall–Kier alpha value is -1.55. The van der Waals surface area contributed by atoms with E-state index < -0.39 is 6.04 Å². The molecule has 0 aromatic heterocycles. The molecule has 1 aromatic carbocycles. The average molecular weight is 339 g/mol. The molecule has 2 amide bonds. The van der Waals surface area contributed by atoms with E-state index in [1.54, 1.807) is 24.0 Å². The van der Waals surface area contributed by atoms with Crippen molar-refractivity contribution in [2.45, 2.75) is 53.1 Å². The Kier molecular flexibility index (Phi) is 8.10. The highest BCUT2D eigenvalue weighted by Crippen LogP contribution is 2.15. The molecule has 0 bridgehead atoms. The van der Waals surface area contributed by atoms with Gasteiger partial charge in [-0.05, 0) is 31.0 Å². The Labute approximate surface area is 144 Å². The van der Waals surface area contributed by atoms with Crippen LogP contribution in [0.15, 0.2) is 24.3 Å². The van der Waals surface area contributed by atoms with Crippen molar-refractivity contribution in [3.63, 3.8) is 0 Å². The maximum absolute atomic E-state index is 12.5. The topological polar surface area (TPSA) is 49.4 Å². The second kappa shape index (κ2) is 9.56. The van der Waals surface area contributed by atoms with Crippen LogP contribution in [0.5, 0.6) is 0 Å². The summed E-state index contributed by atoms with van der Waals surface area (Å²) in [7, 11) is 0. The van der Waals surface area contributed by atoms with Crippen LogP contribution >= 0.6 is 11.6 Å². The smallest absolute Gasteiger partial charge is 0.242 e. The van der Waals surface area contributed by atoms with E-state index >= 15 is 0 Å². The van der Waals surface area contributed by atoms with E-state index in [4.69, 9.17) is 11.6 Å². The summed E-state index contributed by atoms with van der Waals surface area (Å²) in [4.78, 5) is 26.4. The van der Waals surface area contributed by atoms with Crippen molar-refractivity contribution < 1.29 is 9.59 Å². The fourth-order valence-electron chi connectivity index (χ4n) is 2.20. The maximum atomic E-state index is 12.5. The minimum atomic E-state index is -0.502. The third-order valence-corrected chi connectivity index (χ3v) is 3.97. The van der Waals surface area contributed by atoms with Gasteiger partial charge in [-0.3, -0.25) is 9.59 Å². The van der Waals surface area contributed by atoms with Gasteiger partial charge in [-0.25, -0.2) is 0 Å². The lowest BCUT2D eigenvalue weighted by Crippen LogP contribution is -2.49. The van der Waals surface area contributed by atoms with Crippen molar-refractivity contribution in [2.24, 2.45) is 5.92 Å². The van der Waals surface area contributed by atoms with Crippen LogP contribution < -0.4 is 5.32 Å². The maximum Gasteiger partial charge on any atom is 0.242 e. The van der Waals surface area contributed by atoms with E-state index in [2.05, 4.69) is 12.2 Å². The third-order valence-electron chi connectivity index (χ3n) is 3.72. The first-order valence-corrected chi connectivity index (χ1v) is 8.57. The normalized spacial score (nSPS) is 12.1. The van der Waals surface area contributed by atoms with Gasteiger partial charge in [0.2, 0.25) is 11.8 Å². The molecule has 0 saturated heterocycles. The predicted molar refractivity (Wildman–Crippen MR) is 94.2 cm³/mol. The lowest BCUT2D eigenvalue weighted by molar-refractivity contribution is -0.143. The highest BCUT2D eigenvalue weighted by atomic mass is 35.5. The lowest BCUT2D eigenvalue weighted by atomic mass is 10.1. The SMILES string of the molecule is CCCCNC(=O)C(C)N(Cc1ccc(Cl)cc1)C(=O)C(C)C. The first-order chi connectivity index (χ1) is 10.9. The number of hydrogen-bond donors (Lipinski definition) is 1. The number of nitrogens with one attached hydrogen (secondary N) is 1. The Morgan fingerprint density at radius 2 is 1.78 bits per heavy atom. The monoisotopic (exact) mass is 338 g/mol. The van der Waals surface area contributed by atoms with Gasteiger partial charge in [-0.15, -0.1) is 0 Å². The molecule has 0 fully saturated rings. The van der Waals surface area contributed by atoms with Gasteiger partial charge in [0.25, 0.3) is 0 Å². The molecule has 23 heavy (non-hydrogen) atoms. The number of nitrogens with zero attached hydrogens (tertiary/aromatic N) is 1. The minimum absolute atomic E-state index is 0.0295. The Balaban J connectivity index is 2.84. The zero-order valence-corrected chi connectivity index (χ0v) is 15.2. The van der Waals surface area contributed by atoms with Crippen LogP contribution in [0.1, 0.15) is 46.1 Å². The molecule has 1 unspecified atom stereocenters. The Morgan fingerprint density at radius 3 is 2.30 bits per heavy atom. The van der Waals surface area contributed by atoms with Crippen LogP contribution in [0.25, 0.3) is 0 Å². The highest BCUT2D eigenvalue weighted by Gasteiger charge is 2.27. The number of halogens is 1. The molecule has 0 aliphatic heterocycles. The first-order valence-electron chi connectivity index (χ1n) is 8.19. The van der Waals surface area contributed by atoms with E-state index in [1.165, 1.54) is 0 Å². The van der Waals surface area contributed by atoms with Gasteiger partial charge in [0.1, 0.15) is 6.04 Å². The summed E-state index contributed by atoms with van der Waals surface area (Å²) in [6, 6.07) is 6.84. The van der Waals surface area contributed by atoms with Gasteiger partial charge >= 0.3 is 0 Å². The van der Waals surface area contributed by atoms with E-state index in [0.717, 1.165) is 18.4 Å². The largest absolute Gasteiger partial charge is 0.354 e. The van der Waals surface area contributed by atoms with Crippen molar-refractivity contribution >= 4 is 23.4 Å². The Morgan fingerprint density at radius 1 is 1.17 bits per heavy atom. The van der Waals surface area contributed by atoms with E-state index in [-0.39, 0.29) is 17.7 Å². The molecule has 0 aliphatic carbocycles.